The van der Waals surface area contributed by atoms with Crippen molar-refractivity contribution in [3.63, 3.8) is 0 Å². The maximum absolute atomic E-state index is 11.6. The summed E-state index contributed by atoms with van der Waals surface area (Å²) < 4.78 is 11.6. The average Bonchev–Trinajstić information content (AvgIpc) is 3.30. The normalized spacial score (nSPS) is 17.7. The Hall–Kier alpha value is -2.58. The van der Waals surface area contributed by atoms with Crippen LogP contribution in [0.25, 0.3) is 11.1 Å². The number of fused-ring (bicyclic) bond motifs is 1. The zero-order chi connectivity index (χ0) is 24.5. The van der Waals surface area contributed by atoms with Crippen LogP contribution in [0.1, 0.15) is 47.9 Å². The van der Waals surface area contributed by atoms with Crippen molar-refractivity contribution in [2.75, 3.05) is 18.8 Å². The van der Waals surface area contributed by atoms with Crippen LogP contribution in [-0.4, -0.2) is 38.9 Å². The molecular formula is C27H30ClN5OS. The van der Waals surface area contributed by atoms with Gasteiger partial charge in [0, 0.05) is 42.0 Å². The molecule has 0 radical (unpaired) electrons. The summed E-state index contributed by atoms with van der Waals surface area (Å²) in [5, 5.41) is 14.5. The second-order valence-corrected chi connectivity index (χ2v) is 10.9. The lowest BCUT2D eigenvalue weighted by Gasteiger charge is -2.26. The minimum Gasteiger partial charge on any atom is -0.383 e. The quantitative estimate of drug-likeness (QED) is 0.434. The summed E-state index contributed by atoms with van der Waals surface area (Å²) in [5.74, 6) is 0.281. The predicted octanol–water partition coefficient (Wildman–Crippen LogP) is 4.72. The van der Waals surface area contributed by atoms with Crippen molar-refractivity contribution >= 4 is 34.1 Å². The van der Waals surface area contributed by atoms with E-state index in [9.17, 15) is 4.21 Å². The molecule has 6 nitrogen and oxygen atoms in total. The van der Waals surface area contributed by atoms with Gasteiger partial charge < -0.3 is 5.73 Å². The van der Waals surface area contributed by atoms with Gasteiger partial charge in [-0.15, -0.1) is 0 Å². The number of anilines is 1. The average molecular weight is 508 g/mol. The summed E-state index contributed by atoms with van der Waals surface area (Å²) in [6.07, 6.45) is 9.32. The Kier molecular flexibility index (Phi) is 7.02. The molecule has 182 valence electrons. The van der Waals surface area contributed by atoms with E-state index in [1.165, 1.54) is 36.8 Å². The molecule has 2 heterocycles. The molecule has 3 aromatic rings. The second kappa shape index (κ2) is 10.2. The lowest BCUT2D eigenvalue weighted by atomic mass is 9.95. The van der Waals surface area contributed by atoms with E-state index in [4.69, 9.17) is 27.9 Å². The molecule has 35 heavy (non-hydrogen) atoms. The summed E-state index contributed by atoms with van der Waals surface area (Å²) in [4.78, 5) is 7.41. The zero-order valence-corrected chi connectivity index (χ0v) is 21.2. The Morgan fingerprint density at radius 3 is 2.49 bits per heavy atom. The fourth-order valence-electron chi connectivity index (χ4n) is 5.37. The Morgan fingerprint density at radius 1 is 1.03 bits per heavy atom. The number of nitrogens with one attached hydrogen (secondary N) is 1. The smallest absolute Gasteiger partial charge is 0.132 e. The highest BCUT2D eigenvalue weighted by atomic mass is 35.5. The molecule has 1 aliphatic heterocycles. The standard InChI is InChI=1S/C27H30ClN5OS/c28-24-15-20(7-8-25(24)35(31)34)26(29)23-14-21(16-32-27(23)30)18-6-5-17-9-11-33(12-10-19(17)13-18)22-3-1-2-4-22/h5-8,13-16,22,29H,1-4,9-12,31H2,(H2,30,32). The summed E-state index contributed by atoms with van der Waals surface area (Å²) in [7, 11) is -1.69. The highest BCUT2D eigenvalue weighted by Crippen LogP contribution is 2.30. The van der Waals surface area contributed by atoms with Gasteiger partial charge in [-0.05, 0) is 60.6 Å². The van der Waals surface area contributed by atoms with Gasteiger partial charge in [0.05, 0.1) is 15.6 Å². The molecule has 1 aliphatic carbocycles. The van der Waals surface area contributed by atoms with Crippen LogP contribution in [0.15, 0.2) is 53.6 Å². The van der Waals surface area contributed by atoms with Crippen LogP contribution in [0.2, 0.25) is 5.02 Å². The van der Waals surface area contributed by atoms with Crippen molar-refractivity contribution in [3.8, 4) is 11.1 Å². The van der Waals surface area contributed by atoms with Crippen molar-refractivity contribution in [3.05, 3.63) is 75.9 Å². The van der Waals surface area contributed by atoms with Crippen LogP contribution in [0.5, 0.6) is 0 Å². The van der Waals surface area contributed by atoms with Crippen molar-refractivity contribution in [2.24, 2.45) is 5.14 Å². The Labute approximate surface area is 213 Å². The molecule has 0 spiro atoms. The molecule has 1 fully saturated rings. The molecule has 0 amide bonds. The van der Waals surface area contributed by atoms with Crippen LogP contribution < -0.4 is 10.9 Å². The Balaban J connectivity index is 1.41. The number of hydrogen-bond acceptors (Lipinski definition) is 5. The summed E-state index contributed by atoms with van der Waals surface area (Å²) in [6.45, 7) is 2.25. The van der Waals surface area contributed by atoms with Crippen molar-refractivity contribution < 1.29 is 4.21 Å². The van der Waals surface area contributed by atoms with Gasteiger partial charge in [-0.3, -0.25) is 10.3 Å². The first-order chi connectivity index (χ1) is 16.9. The zero-order valence-electron chi connectivity index (χ0n) is 19.6. The van der Waals surface area contributed by atoms with Gasteiger partial charge >= 0.3 is 0 Å². The number of nitrogens with zero attached hydrogens (tertiary/aromatic N) is 2. The molecule has 2 aliphatic rings. The molecule has 1 saturated carbocycles. The minimum atomic E-state index is -1.69. The number of aromatic nitrogens is 1. The first-order valence-corrected chi connectivity index (χ1v) is 13.7. The molecule has 1 atom stereocenters. The molecule has 0 saturated heterocycles. The largest absolute Gasteiger partial charge is 0.383 e. The number of pyridine rings is 1. The van der Waals surface area contributed by atoms with Crippen LogP contribution in [-0.2, 0) is 23.8 Å². The molecule has 5 N–H and O–H groups in total. The minimum absolute atomic E-state index is 0.204. The molecule has 2 aromatic carbocycles. The highest BCUT2D eigenvalue weighted by molar-refractivity contribution is 7.82. The second-order valence-electron chi connectivity index (χ2n) is 9.43. The summed E-state index contributed by atoms with van der Waals surface area (Å²) >= 11 is 6.24. The number of hydrogen-bond donors (Lipinski definition) is 3. The molecule has 1 unspecified atom stereocenters. The number of halogens is 1. The van der Waals surface area contributed by atoms with Crippen LogP contribution in [0, 0.1) is 5.41 Å². The number of nitrogen functional groups attached to an aromatic ring is 1. The summed E-state index contributed by atoms with van der Waals surface area (Å²) in [5.41, 5.74) is 12.3. The van der Waals surface area contributed by atoms with Crippen molar-refractivity contribution in [1.29, 1.82) is 5.41 Å². The third-order valence-electron chi connectivity index (χ3n) is 7.34. The van der Waals surface area contributed by atoms with Crippen LogP contribution >= 0.6 is 11.6 Å². The van der Waals surface area contributed by atoms with E-state index in [-0.39, 0.29) is 16.6 Å². The van der Waals surface area contributed by atoms with E-state index in [1.807, 2.05) is 6.07 Å². The van der Waals surface area contributed by atoms with Gasteiger partial charge in [0.25, 0.3) is 0 Å². The lowest BCUT2D eigenvalue weighted by molar-refractivity contribution is 0.208. The first kappa shape index (κ1) is 24.1. The maximum atomic E-state index is 11.6. The van der Waals surface area contributed by atoms with Gasteiger partial charge in [-0.25, -0.2) is 14.3 Å². The van der Waals surface area contributed by atoms with Gasteiger partial charge in [-0.2, -0.15) is 0 Å². The fourth-order valence-corrected chi connectivity index (χ4v) is 6.23. The van der Waals surface area contributed by atoms with E-state index in [2.05, 4.69) is 28.1 Å². The SMILES string of the molecule is N=C(c1ccc(S(N)=O)c(Cl)c1)c1cc(-c2ccc3c(c2)CCN(C2CCCC2)CC3)cnc1N. The van der Waals surface area contributed by atoms with E-state index < -0.39 is 11.0 Å². The maximum Gasteiger partial charge on any atom is 0.132 e. The summed E-state index contributed by atoms with van der Waals surface area (Å²) in [6, 6.07) is 14.2. The number of rotatable bonds is 5. The van der Waals surface area contributed by atoms with E-state index >= 15 is 0 Å². The highest BCUT2D eigenvalue weighted by Gasteiger charge is 2.24. The molecular weight excluding hydrogens is 478 g/mol. The van der Waals surface area contributed by atoms with Crippen LogP contribution in [0.4, 0.5) is 5.82 Å². The molecule has 0 bridgehead atoms. The van der Waals surface area contributed by atoms with Gasteiger partial charge in [0.2, 0.25) is 0 Å². The number of nitrogens with two attached hydrogens (primary N) is 2. The van der Waals surface area contributed by atoms with Crippen molar-refractivity contribution in [1.82, 2.24) is 9.88 Å². The topological polar surface area (TPSA) is 109 Å². The van der Waals surface area contributed by atoms with Gasteiger partial charge in [0.1, 0.15) is 16.8 Å². The van der Waals surface area contributed by atoms with Crippen molar-refractivity contribution in [2.45, 2.75) is 49.5 Å². The van der Waals surface area contributed by atoms with E-state index in [0.717, 1.165) is 43.1 Å². The van der Waals surface area contributed by atoms with E-state index in [1.54, 1.807) is 24.4 Å². The Morgan fingerprint density at radius 2 is 1.77 bits per heavy atom. The molecule has 8 heteroatoms. The third-order valence-corrected chi connectivity index (χ3v) is 8.56. The van der Waals surface area contributed by atoms with Gasteiger partial charge in [0.15, 0.2) is 0 Å². The monoisotopic (exact) mass is 507 g/mol. The molecule has 5 rings (SSSR count). The first-order valence-electron chi connectivity index (χ1n) is 12.1. The fraction of sp³-hybridized carbons (Fsp3) is 0.333. The predicted molar refractivity (Wildman–Crippen MR) is 143 cm³/mol. The lowest BCUT2D eigenvalue weighted by Crippen LogP contribution is -2.35. The van der Waals surface area contributed by atoms with Crippen LogP contribution in [0.3, 0.4) is 0 Å². The number of benzene rings is 2. The van der Waals surface area contributed by atoms with Gasteiger partial charge in [-0.1, -0.05) is 48.7 Å². The Bertz CT molecular complexity index is 1300. The van der Waals surface area contributed by atoms with E-state index in [0.29, 0.717) is 16.0 Å². The third kappa shape index (κ3) is 5.05. The molecule has 1 aromatic heterocycles.